The van der Waals surface area contributed by atoms with Gasteiger partial charge >= 0.3 is 0 Å². The molecule has 1 aliphatic heterocycles. The minimum absolute atomic E-state index is 0.0278. The summed E-state index contributed by atoms with van der Waals surface area (Å²) < 4.78 is 4.95. The van der Waals surface area contributed by atoms with Crippen molar-refractivity contribution in [1.29, 1.82) is 0 Å². The molecule has 0 saturated carbocycles. The molecule has 0 spiro atoms. The molecule has 0 aromatic heterocycles. The predicted molar refractivity (Wildman–Crippen MR) is 55.1 cm³/mol. The van der Waals surface area contributed by atoms with Crippen LogP contribution in [0.2, 0.25) is 0 Å². The molecule has 4 heteroatoms. The van der Waals surface area contributed by atoms with Crippen LogP contribution in [0.1, 0.15) is 26.2 Å². The molecular formula is C10H20N2O2. The number of carbonyl (C=O) groups is 1. The maximum absolute atomic E-state index is 11.6. The van der Waals surface area contributed by atoms with Gasteiger partial charge in [0.05, 0.1) is 6.04 Å². The monoisotopic (exact) mass is 200 g/mol. The Kier molecular flexibility index (Phi) is 4.90. The molecule has 4 nitrogen and oxygen atoms in total. The summed E-state index contributed by atoms with van der Waals surface area (Å²) in [6.45, 7) is 3.66. The van der Waals surface area contributed by atoms with Crippen molar-refractivity contribution in [3.8, 4) is 0 Å². The maximum atomic E-state index is 11.6. The van der Waals surface area contributed by atoms with Gasteiger partial charge in [-0.15, -0.1) is 0 Å². The fraction of sp³-hybridized carbons (Fsp3) is 0.900. The third kappa shape index (κ3) is 3.64. The third-order valence-corrected chi connectivity index (χ3v) is 2.52. The Balaban J connectivity index is 2.18. The first-order chi connectivity index (χ1) is 6.74. The highest BCUT2D eigenvalue weighted by Gasteiger charge is 2.22. The molecule has 82 valence electrons. The van der Waals surface area contributed by atoms with Gasteiger partial charge < -0.3 is 15.4 Å². The van der Waals surface area contributed by atoms with Crippen LogP contribution in [-0.2, 0) is 9.53 Å². The van der Waals surface area contributed by atoms with Gasteiger partial charge in [-0.3, -0.25) is 4.79 Å². The number of amides is 1. The summed E-state index contributed by atoms with van der Waals surface area (Å²) in [7, 11) is 1.67. The Morgan fingerprint density at radius 2 is 2.50 bits per heavy atom. The van der Waals surface area contributed by atoms with Crippen LogP contribution in [0.15, 0.2) is 0 Å². The average molecular weight is 200 g/mol. The lowest BCUT2D eigenvalue weighted by molar-refractivity contribution is -0.123. The number of ether oxygens (including phenoxy) is 1. The molecule has 1 heterocycles. The predicted octanol–water partition coefficient (Wildman–Crippen LogP) is 0.280. The smallest absolute Gasteiger partial charge is 0.237 e. The lowest BCUT2D eigenvalue weighted by Gasteiger charge is -2.16. The van der Waals surface area contributed by atoms with Gasteiger partial charge in [0.1, 0.15) is 0 Å². The Hall–Kier alpha value is -0.610. The van der Waals surface area contributed by atoms with Crippen LogP contribution in [-0.4, -0.2) is 38.3 Å². The van der Waals surface area contributed by atoms with E-state index in [4.69, 9.17) is 4.74 Å². The highest BCUT2D eigenvalue weighted by molar-refractivity contribution is 5.82. The zero-order chi connectivity index (χ0) is 10.4. The van der Waals surface area contributed by atoms with Crippen molar-refractivity contribution in [2.45, 2.75) is 38.3 Å². The molecular weight excluding hydrogens is 180 g/mol. The van der Waals surface area contributed by atoms with Crippen LogP contribution in [0.4, 0.5) is 0 Å². The molecule has 2 atom stereocenters. The number of carbonyl (C=O) groups excluding carboxylic acids is 1. The van der Waals surface area contributed by atoms with Gasteiger partial charge in [0, 0.05) is 19.8 Å². The highest BCUT2D eigenvalue weighted by atomic mass is 16.5. The lowest BCUT2D eigenvalue weighted by atomic mass is 10.2. The van der Waals surface area contributed by atoms with Gasteiger partial charge in [0.25, 0.3) is 0 Å². The Morgan fingerprint density at radius 1 is 1.71 bits per heavy atom. The second-order valence-electron chi connectivity index (χ2n) is 3.84. The Bertz CT molecular complexity index is 179. The summed E-state index contributed by atoms with van der Waals surface area (Å²) in [5, 5.41) is 6.15. The van der Waals surface area contributed by atoms with Crippen LogP contribution in [0.3, 0.4) is 0 Å². The second kappa shape index (κ2) is 5.98. The van der Waals surface area contributed by atoms with Crippen molar-refractivity contribution < 1.29 is 9.53 Å². The highest BCUT2D eigenvalue weighted by Crippen LogP contribution is 2.05. The van der Waals surface area contributed by atoms with Crippen LogP contribution < -0.4 is 10.6 Å². The first kappa shape index (κ1) is 11.5. The molecule has 1 aliphatic rings. The lowest BCUT2D eigenvalue weighted by Crippen LogP contribution is -2.44. The van der Waals surface area contributed by atoms with E-state index >= 15 is 0 Å². The van der Waals surface area contributed by atoms with E-state index in [0.29, 0.717) is 6.61 Å². The van der Waals surface area contributed by atoms with Crippen LogP contribution >= 0.6 is 0 Å². The maximum Gasteiger partial charge on any atom is 0.237 e. The van der Waals surface area contributed by atoms with Gasteiger partial charge in [-0.25, -0.2) is 0 Å². The van der Waals surface area contributed by atoms with Crippen molar-refractivity contribution >= 4 is 5.91 Å². The van der Waals surface area contributed by atoms with E-state index in [2.05, 4.69) is 10.6 Å². The molecule has 1 saturated heterocycles. The van der Waals surface area contributed by atoms with E-state index in [1.54, 1.807) is 7.11 Å². The van der Waals surface area contributed by atoms with Crippen LogP contribution in [0.25, 0.3) is 0 Å². The fourth-order valence-electron chi connectivity index (χ4n) is 1.62. The molecule has 14 heavy (non-hydrogen) atoms. The van der Waals surface area contributed by atoms with Gasteiger partial charge in [0.2, 0.25) is 5.91 Å². The van der Waals surface area contributed by atoms with Gasteiger partial charge in [-0.2, -0.15) is 0 Å². The van der Waals surface area contributed by atoms with Gasteiger partial charge in [0.15, 0.2) is 0 Å². The summed E-state index contributed by atoms with van der Waals surface area (Å²) in [5.41, 5.74) is 0. The number of hydrogen-bond acceptors (Lipinski definition) is 3. The first-order valence-electron chi connectivity index (χ1n) is 5.26. The SMILES string of the molecule is COCCC(C)NC(=O)[C@H]1CCCN1. The Morgan fingerprint density at radius 3 is 3.07 bits per heavy atom. The molecule has 2 N–H and O–H groups in total. The molecule has 0 aromatic carbocycles. The van der Waals surface area contributed by atoms with E-state index in [1.165, 1.54) is 0 Å². The van der Waals surface area contributed by atoms with E-state index in [9.17, 15) is 4.79 Å². The van der Waals surface area contributed by atoms with E-state index in [0.717, 1.165) is 25.8 Å². The van der Waals surface area contributed by atoms with Crippen molar-refractivity contribution in [3.63, 3.8) is 0 Å². The molecule has 1 rings (SSSR count). The summed E-state index contributed by atoms with van der Waals surface area (Å²) in [4.78, 5) is 11.6. The van der Waals surface area contributed by atoms with Crippen molar-refractivity contribution in [1.82, 2.24) is 10.6 Å². The number of hydrogen-bond donors (Lipinski definition) is 2. The quantitative estimate of drug-likeness (QED) is 0.670. The zero-order valence-electron chi connectivity index (χ0n) is 9.01. The summed E-state index contributed by atoms with van der Waals surface area (Å²) in [6, 6.07) is 0.227. The topological polar surface area (TPSA) is 50.4 Å². The van der Waals surface area contributed by atoms with E-state index in [-0.39, 0.29) is 18.0 Å². The summed E-state index contributed by atoms with van der Waals surface area (Å²) >= 11 is 0. The minimum Gasteiger partial charge on any atom is -0.385 e. The van der Waals surface area contributed by atoms with Crippen LogP contribution in [0.5, 0.6) is 0 Å². The van der Waals surface area contributed by atoms with Crippen molar-refractivity contribution in [3.05, 3.63) is 0 Å². The normalized spacial score (nSPS) is 23.4. The molecule has 0 radical (unpaired) electrons. The third-order valence-electron chi connectivity index (χ3n) is 2.52. The average Bonchev–Trinajstić information content (AvgIpc) is 2.67. The number of methoxy groups -OCH3 is 1. The molecule has 0 aliphatic carbocycles. The largest absolute Gasteiger partial charge is 0.385 e. The van der Waals surface area contributed by atoms with Gasteiger partial charge in [-0.05, 0) is 32.7 Å². The van der Waals surface area contributed by atoms with Crippen LogP contribution in [0, 0.1) is 0 Å². The summed E-state index contributed by atoms with van der Waals surface area (Å²) in [5.74, 6) is 0.131. The Labute approximate surface area is 85.4 Å². The fourth-order valence-corrected chi connectivity index (χ4v) is 1.62. The van der Waals surface area contributed by atoms with Gasteiger partial charge in [-0.1, -0.05) is 0 Å². The zero-order valence-corrected chi connectivity index (χ0v) is 9.01. The molecule has 1 fully saturated rings. The van der Waals surface area contributed by atoms with Crippen molar-refractivity contribution in [2.24, 2.45) is 0 Å². The summed E-state index contributed by atoms with van der Waals surface area (Å²) in [6.07, 6.45) is 2.93. The number of nitrogens with one attached hydrogen (secondary N) is 2. The van der Waals surface area contributed by atoms with E-state index in [1.807, 2.05) is 6.92 Å². The number of rotatable bonds is 5. The molecule has 0 bridgehead atoms. The standard InChI is InChI=1S/C10H20N2O2/c1-8(5-7-14-2)12-10(13)9-4-3-6-11-9/h8-9,11H,3-7H2,1-2H3,(H,12,13)/t8?,9-/m1/s1. The van der Waals surface area contributed by atoms with E-state index < -0.39 is 0 Å². The first-order valence-corrected chi connectivity index (χ1v) is 5.26. The minimum atomic E-state index is 0.0278. The van der Waals surface area contributed by atoms with Crippen molar-refractivity contribution in [2.75, 3.05) is 20.3 Å². The molecule has 1 unspecified atom stereocenters. The molecule has 1 amide bonds. The second-order valence-corrected chi connectivity index (χ2v) is 3.84. The molecule has 0 aromatic rings.